The summed E-state index contributed by atoms with van der Waals surface area (Å²) in [6, 6.07) is 7.43. The Labute approximate surface area is 111 Å². The van der Waals surface area contributed by atoms with Crippen LogP contribution in [0.2, 0.25) is 0 Å². The normalized spacial score (nSPS) is 10.8. The van der Waals surface area contributed by atoms with E-state index in [1.165, 1.54) is 0 Å². The zero-order chi connectivity index (χ0) is 12.7. The second-order valence-electron chi connectivity index (χ2n) is 4.47. The Balaban J connectivity index is 2.23. The Morgan fingerprint density at radius 3 is 2.47 bits per heavy atom. The molecule has 3 heteroatoms. The molecule has 1 aromatic rings. The van der Waals surface area contributed by atoms with Crippen LogP contribution in [0.15, 0.2) is 28.7 Å². The first-order valence-corrected chi connectivity index (χ1v) is 6.75. The Kier molecular flexibility index (Phi) is 6.45. The van der Waals surface area contributed by atoms with Crippen LogP contribution >= 0.6 is 15.9 Å². The van der Waals surface area contributed by atoms with Crippen molar-refractivity contribution in [3.63, 3.8) is 0 Å². The van der Waals surface area contributed by atoms with Gasteiger partial charge in [0.1, 0.15) is 0 Å². The summed E-state index contributed by atoms with van der Waals surface area (Å²) in [6.45, 7) is 5.58. The number of halogens is 1. The molecule has 17 heavy (non-hydrogen) atoms. The summed E-state index contributed by atoms with van der Waals surface area (Å²) in [5.74, 6) is 0.791. The van der Waals surface area contributed by atoms with Crippen LogP contribution in [-0.2, 0) is 4.74 Å². The average molecular weight is 299 g/mol. The minimum atomic E-state index is 0.141. The van der Waals surface area contributed by atoms with E-state index in [4.69, 9.17) is 4.74 Å². The van der Waals surface area contributed by atoms with Crippen LogP contribution in [0.4, 0.5) is 0 Å². The third-order valence-electron chi connectivity index (χ3n) is 2.48. The van der Waals surface area contributed by atoms with Crippen molar-refractivity contribution >= 4 is 21.7 Å². The van der Waals surface area contributed by atoms with Crippen LogP contribution in [-0.4, -0.2) is 19.0 Å². The van der Waals surface area contributed by atoms with Gasteiger partial charge in [-0.05, 0) is 24.5 Å². The molecule has 0 N–H and O–H groups in total. The van der Waals surface area contributed by atoms with Crippen molar-refractivity contribution in [2.45, 2.75) is 26.7 Å². The Bertz CT molecular complexity index is 344. The maximum atomic E-state index is 11.8. The van der Waals surface area contributed by atoms with E-state index in [1.54, 1.807) is 0 Å². The molecule has 0 aliphatic heterocycles. The van der Waals surface area contributed by atoms with E-state index in [9.17, 15) is 4.79 Å². The highest BCUT2D eigenvalue weighted by Crippen LogP contribution is 2.12. The van der Waals surface area contributed by atoms with Gasteiger partial charge in [0.2, 0.25) is 0 Å². The lowest BCUT2D eigenvalue weighted by atomic mass is 10.1. The molecule has 0 aliphatic carbocycles. The SMILES string of the molecule is CC(C)CCOCCC(=O)c1ccc(Br)cc1. The smallest absolute Gasteiger partial charge is 0.165 e. The molecule has 0 fully saturated rings. The lowest BCUT2D eigenvalue weighted by Gasteiger charge is -2.06. The molecule has 0 heterocycles. The van der Waals surface area contributed by atoms with Gasteiger partial charge in [-0.3, -0.25) is 4.79 Å². The summed E-state index contributed by atoms with van der Waals surface area (Å²) in [7, 11) is 0. The number of ether oxygens (including phenoxy) is 1. The monoisotopic (exact) mass is 298 g/mol. The fraction of sp³-hybridized carbons (Fsp3) is 0.500. The number of Topliss-reactive ketones (excluding diaryl/α,β-unsaturated/α-hetero) is 1. The first kappa shape index (κ1) is 14.4. The van der Waals surface area contributed by atoms with E-state index in [2.05, 4.69) is 29.8 Å². The average Bonchev–Trinajstić information content (AvgIpc) is 2.29. The van der Waals surface area contributed by atoms with Gasteiger partial charge in [-0.1, -0.05) is 41.9 Å². The van der Waals surface area contributed by atoms with E-state index in [1.807, 2.05) is 24.3 Å². The van der Waals surface area contributed by atoms with Crippen LogP contribution in [0.3, 0.4) is 0 Å². The molecule has 2 nitrogen and oxygen atoms in total. The van der Waals surface area contributed by atoms with Crippen molar-refractivity contribution in [2.24, 2.45) is 5.92 Å². The summed E-state index contributed by atoms with van der Waals surface area (Å²) < 4.78 is 6.42. The van der Waals surface area contributed by atoms with Crippen molar-refractivity contribution in [3.8, 4) is 0 Å². The number of rotatable bonds is 7. The Morgan fingerprint density at radius 2 is 1.88 bits per heavy atom. The number of hydrogen-bond donors (Lipinski definition) is 0. The van der Waals surface area contributed by atoms with Crippen LogP contribution in [0, 0.1) is 5.92 Å². The molecule has 0 spiro atoms. The van der Waals surface area contributed by atoms with Crippen molar-refractivity contribution in [3.05, 3.63) is 34.3 Å². The topological polar surface area (TPSA) is 26.3 Å². The van der Waals surface area contributed by atoms with E-state index in [-0.39, 0.29) is 5.78 Å². The van der Waals surface area contributed by atoms with Gasteiger partial charge in [0.05, 0.1) is 6.61 Å². The zero-order valence-electron chi connectivity index (χ0n) is 10.4. The van der Waals surface area contributed by atoms with Crippen molar-refractivity contribution in [2.75, 3.05) is 13.2 Å². The molecule has 0 bridgehead atoms. The third kappa shape index (κ3) is 5.99. The van der Waals surface area contributed by atoms with Gasteiger partial charge in [-0.2, -0.15) is 0 Å². The maximum Gasteiger partial charge on any atom is 0.165 e. The summed E-state index contributed by atoms with van der Waals surface area (Å²) in [4.78, 5) is 11.8. The second-order valence-corrected chi connectivity index (χ2v) is 5.39. The lowest BCUT2D eigenvalue weighted by Crippen LogP contribution is -2.06. The molecule has 0 aromatic heterocycles. The molecule has 0 atom stereocenters. The highest BCUT2D eigenvalue weighted by atomic mass is 79.9. The van der Waals surface area contributed by atoms with Crippen molar-refractivity contribution < 1.29 is 9.53 Å². The zero-order valence-corrected chi connectivity index (χ0v) is 12.0. The fourth-order valence-corrected chi connectivity index (χ4v) is 1.63. The standard InChI is InChI=1S/C14H19BrO2/c1-11(2)7-9-17-10-8-14(16)12-3-5-13(15)6-4-12/h3-6,11H,7-10H2,1-2H3. The Morgan fingerprint density at radius 1 is 1.24 bits per heavy atom. The van der Waals surface area contributed by atoms with Gasteiger partial charge in [0.15, 0.2) is 5.78 Å². The van der Waals surface area contributed by atoms with Crippen LogP contribution in [0.25, 0.3) is 0 Å². The highest BCUT2D eigenvalue weighted by molar-refractivity contribution is 9.10. The molecular formula is C14H19BrO2. The minimum Gasteiger partial charge on any atom is -0.381 e. The number of ketones is 1. The second kappa shape index (κ2) is 7.62. The molecule has 0 amide bonds. The number of carbonyl (C=O) groups excluding carboxylic acids is 1. The molecule has 0 saturated carbocycles. The van der Waals surface area contributed by atoms with Crippen molar-refractivity contribution in [1.82, 2.24) is 0 Å². The predicted octanol–water partition coefficient (Wildman–Crippen LogP) is 4.08. The third-order valence-corrected chi connectivity index (χ3v) is 3.01. The highest BCUT2D eigenvalue weighted by Gasteiger charge is 2.05. The summed E-state index contributed by atoms with van der Waals surface area (Å²) >= 11 is 3.35. The molecular weight excluding hydrogens is 280 g/mol. The largest absolute Gasteiger partial charge is 0.381 e. The van der Waals surface area contributed by atoms with E-state index < -0.39 is 0 Å². The molecule has 1 aromatic carbocycles. The lowest BCUT2D eigenvalue weighted by molar-refractivity contribution is 0.0861. The molecule has 0 radical (unpaired) electrons. The number of carbonyl (C=O) groups is 1. The molecule has 0 aliphatic rings. The van der Waals surface area contributed by atoms with Gasteiger partial charge in [0.25, 0.3) is 0 Å². The van der Waals surface area contributed by atoms with Crippen LogP contribution in [0.1, 0.15) is 37.0 Å². The van der Waals surface area contributed by atoms with Crippen LogP contribution in [0.5, 0.6) is 0 Å². The first-order valence-electron chi connectivity index (χ1n) is 5.96. The van der Waals surface area contributed by atoms with Crippen molar-refractivity contribution in [1.29, 1.82) is 0 Å². The summed E-state index contributed by atoms with van der Waals surface area (Å²) in [5.41, 5.74) is 0.751. The van der Waals surface area contributed by atoms with E-state index >= 15 is 0 Å². The predicted molar refractivity (Wildman–Crippen MR) is 73.4 cm³/mol. The van der Waals surface area contributed by atoms with Gasteiger partial charge in [-0.15, -0.1) is 0 Å². The Hall–Kier alpha value is -0.670. The quantitative estimate of drug-likeness (QED) is 0.560. The number of benzene rings is 1. The van der Waals surface area contributed by atoms with Gasteiger partial charge >= 0.3 is 0 Å². The fourth-order valence-electron chi connectivity index (χ4n) is 1.37. The molecule has 1 rings (SSSR count). The summed E-state index contributed by atoms with van der Waals surface area (Å²) in [5, 5.41) is 0. The van der Waals surface area contributed by atoms with Gasteiger partial charge < -0.3 is 4.74 Å². The molecule has 94 valence electrons. The van der Waals surface area contributed by atoms with Crippen LogP contribution < -0.4 is 0 Å². The molecule has 0 unspecified atom stereocenters. The van der Waals surface area contributed by atoms with Gasteiger partial charge in [-0.25, -0.2) is 0 Å². The summed E-state index contributed by atoms with van der Waals surface area (Å²) in [6.07, 6.45) is 1.51. The number of hydrogen-bond acceptors (Lipinski definition) is 2. The minimum absolute atomic E-state index is 0.141. The maximum absolute atomic E-state index is 11.8. The van der Waals surface area contributed by atoms with Gasteiger partial charge in [0, 0.05) is 23.1 Å². The first-order chi connectivity index (χ1) is 8.09. The van der Waals surface area contributed by atoms with E-state index in [0.29, 0.717) is 18.9 Å². The molecule has 0 saturated heterocycles. The van der Waals surface area contributed by atoms with E-state index in [0.717, 1.165) is 23.1 Å².